The first-order valence-electron chi connectivity index (χ1n) is 9.83. The lowest BCUT2D eigenvalue weighted by molar-refractivity contribution is 0.102. The summed E-state index contributed by atoms with van der Waals surface area (Å²) in [4.78, 5) is 18.7. The molecule has 0 aliphatic carbocycles. The molecule has 2 heterocycles. The highest BCUT2D eigenvalue weighted by atomic mass is 32.2. The van der Waals surface area contributed by atoms with Gasteiger partial charge in [-0.3, -0.25) is 4.79 Å². The van der Waals surface area contributed by atoms with E-state index in [1.54, 1.807) is 27.8 Å². The molecular formula is C23H24N4OS2. The maximum Gasteiger partial charge on any atom is 0.256 e. The summed E-state index contributed by atoms with van der Waals surface area (Å²) >= 11 is 3.34. The Morgan fingerprint density at radius 3 is 2.47 bits per heavy atom. The molecule has 0 fully saturated rings. The monoisotopic (exact) mass is 436 g/mol. The van der Waals surface area contributed by atoms with Crippen LogP contribution in [0.1, 0.15) is 41.0 Å². The Balaban J connectivity index is 1.61. The van der Waals surface area contributed by atoms with E-state index in [2.05, 4.69) is 50.2 Å². The molecular weight excluding hydrogens is 412 g/mol. The summed E-state index contributed by atoms with van der Waals surface area (Å²) in [5, 5.41) is 8.80. The van der Waals surface area contributed by atoms with Crippen LogP contribution in [0.2, 0.25) is 0 Å². The molecule has 4 aromatic rings. The predicted molar refractivity (Wildman–Crippen MR) is 126 cm³/mol. The second kappa shape index (κ2) is 8.24. The van der Waals surface area contributed by atoms with Crippen LogP contribution in [-0.2, 0) is 0 Å². The van der Waals surface area contributed by atoms with E-state index >= 15 is 0 Å². The molecule has 0 saturated heterocycles. The third kappa shape index (κ3) is 4.27. The van der Waals surface area contributed by atoms with Crippen molar-refractivity contribution in [2.45, 2.75) is 44.8 Å². The fourth-order valence-electron chi connectivity index (χ4n) is 3.14. The molecule has 0 spiro atoms. The van der Waals surface area contributed by atoms with Crippen LogP contribution in [-0.4, -0.2) is 25.9 Å². The van der Waals surface area contributed by atoms with Gasteiger partial charge in [-0.05, 0) is 68.3 Å². The SMILES string of the molecule is Cc1cc(NC(=O)c2ccc(SC(C)C)cc2)n(-c2nc3cc(C)c(C)cc3s2)n1. The number of nitrogens with one attached hydrogen (secondary N) is 1. The van der Waals surface area contributed by atoms with Gasteiger partial charge in [-0.25, -0.2) is 4.98 Å². The van der Waals surface area contributed by atoms with Crippen molar-refractivity contribution in [2.24, 2.45) is 0 Å². The minimum absolute atomic E-state index is 0.162. The molecule has 0 saturated carbocycles. The number of hydrogen-bond acceptors (Lipinski definition) is 5. The van der Waals surface area contributed by atoms with Gasteiger partial charge in [-0.15, -0.1) is 11.8 Å². The molecule has 5 nitrogen and oxygen atoms in total. The Kier molecular flexibility index (Phi) is 5.66. The quantitative estimate of drug-likeness (QED) is 0.381. The van der Waals surface area contributed by atoms with Gasteiger partial charge in [0.25, 0.3) is 5.91 Å². The summed E-state index contributed by atoms with van der Waals surface area (Å²) in [6.45, 7) is 10.4. The van der Waals surface area contributed by atoms with E-state index in [0.717, 1.165) is 25.9 Å². The Labute approximate surface area is 184 Å². The fraction of sp³-hybridized carbons (Fsp3) is 0.261. The average molecular weight is 437 g/mol. The standard InChI is InChI=1S/C23H24N4OS2/c1-13(2)29-18-8-6-17(7-9-18)22(28)25-21-12-16(5)26-27(21)23-24-19-10-14(3)15(4)11-20(19)30-23/h6-13H,1-5H3,(H,25,28). The van der Waals surface area contributed by atoms with Crippen LogP contribution in [0.5, 0.6) is 0 Å². The van der Waals surface area contributed by atoms with E-state index < -0.39 is 0 Å². The first-order valence-corrected chi connectivity index (χ1v) is 11.5. The maximum atomic E-state index is 12.8. The summed E-state index contributed by atoms with van der Waals surface area (Å²) in [5.74, 6) is 0.454. The van der Waals surface area contributed by atoms with Crippen LogP contribution in [0, 0.1) is 20.8 Å². The van der Waals surface area contributed by atoms with E-state index in [9.17, 15) is 4.79 Å². The Morgan fingerprint density at radius 1 is 1.07 bits per heavy atom. The molecule has 0 unspecified atom stereocenters. The number of aryl methyl sites for hydroxylation is 3. The molecule has 154 valence electrons. The molecule has 0 atom stereocenters. The van der Waals surface area contributed by atoms with Gasteiger partial charge in [0, 0.05) is 21.8 Å². The van der Waals surface area contributed by atoms with Gasteiger partial charge in [0.2, 0.25) is 5.13 Å². The lowest BCUT2D eigenvalue weighted by Gasteiger charge is -2.08. The number of carbonyl (C=O) groups is 1. The molecule has 30 heavy (non-hydrogen) atoms. The predicted octanol–water partition coefficient (Wildman–Crippen LogP) is 6.16. The zero-order valence-corrected chi connectivity index (χ0v) is 19.3. The van der Waals surface area contributed by atoms with Crippen LogP contribution in [0.3, 0.4) is 0 Å². The van der Waals surface area contributed by atoms with Crippen LogP contribution in [0.15, 0.2) is 47.4 Å². The van der Waals surface area contributed by atoms with E-state index in [0.29, 0.717) is 16.6 Å². The maximum absolute atomic E-state index is 12.8. The second-order valence-electron chi connectivity index (χ2n) is 7.63. The Bertz CT molecular complexity index is 1180. The summed E-state index contributed by atoms with van der Waals surface area (Å²) in [6, 6.07) is 13.8. The molecule has 2 aromatic carbocycles. The van der Waals surface area contributed by atoms with Gasteiger partial charge in [0.05, 0.1) is 15.9 Å². The number of benzene rings is 2. The molecule has 2 aromatic heterocycles. The van der Waals surface area contributed by atoms with Gasteiger partial charge >= 0.3 is 0 Å². The molecule has 4 rings (SSSR count). The summed E-state index contributed by atoms with van der Waals surface area (Å²) in [7, 11) is 0. The number of amides is 1. The lowest BCUT2D eigenvalue weighted by atomic mass is 10.1. The van der Waals surface area contributed by atoms with Crippen molar-refractivity contribution < 1.29 is 4.79 Å². The van der Waals surface area contributed by atoms with Crippen molar-refractivity contribution in [1.82, 2.24) is 14.8 Å². The highest BCUT2D eigenvalue weighted by Crippen LogP contribution is 2.29. The normalized spacial score (nSPS) is 11.4. The Morgan fingerprint density at radius 2 is 1.77 bits per heavy atom. The molecule has 1 amide bonds. The number of fused-ring (bicyclic) bond motifs is 1. The zero-order chi connectivity index (χ0) is 21.4. The number of anilines is 1. The van der Waals surface area contributed by atoms with E-state index in [1.807, 2.05) is 37.3 Å². The zero-order valence-electron chi connectivity index (χ0n) is 17.7. The number of aromatic nitrogens is 3. The summed E-state index contributed by atoms with van der Waals surface area (Å²) in [6.07, 6.45) is 0. The molecule has 0 aliphatic heterocycles. The van der Waals surface area contributed by atoms with Crippen molar-refractivity contribution in [3.63, 3.8) is 0 Å². The van der Waals surface area contributed by atoms with Gasteiger partial charge in [0.1, 0.15) is 5.82 Å². The van der Waals surface area contributed by atoms with Crippen molar-refractivity contribution in [1.29, 1.82) is 0 Å². The highest BCUT2D eigenvalue weighted by Gasteiger charge is 2.16. The van der Waals surface area contributed by atoms with Crippen molar-refractivity contribution in [3.8, 4) is 5.13 Å². The largest absolute Gasteiger partial charge is 0.306 e. The smallest absolute Gasteiger partial charge is 0.256 e. The number of carbonyl (C=O) groups excluding carboxylic acids is 1. The Hall–Kier alpha value is -2.64. The third-order valence-electron chi connectivity index (χ3n) is 4.74. The van der Waals surface area contributed by atoms with Crippen molar-refractivity contribution in [3.05, 3.63) is 64.8 Å². The van der Waals surface area contributed by atoms with Crippen LogP contribution >= 0.6 is 23.1 Å². The first-order chi connectivity index (χ1) is 14.3. The van der Waals surface area contributed by atoms with E-state index in [4.69, 9.17) is 4.98 Å². The molecule has 0 aliphatic rings. The van der Waals surface area contributed by atoms with Crippen LogP contribution in [0.4, 0.5) is 5.82 Å². The minimum atomic E-state index is -0.162. The van der Waals surface area contributed by atoms with Crippen LogP contribution in [0.25, 0.3) is 15.3 Å². The van der Waals surface area contributed by atoms with Gasteiger partial charge in [-0.2, -0.15) is 9.78 Å². The number of thioether (sulfide) groups is 1. The number of nitrogens with zero attached hydrogens (tertiary/aromatic N) is 3. The van der Waals surface area contributed by atoms with Gasteiger partial charge in [-0.1, -0.05) is 25.2 Å². The molecule has 0 radical (unpaired) electrons. The summed E-state index contributed by atoms with van der Waals surface area (Å²) in [5.41, 5.74) is 4.83. The summed E-state index contributed by atoms with van der Waals surface area (Å²) < 4.78 is 2.82. The highest BCUT2D eigenvalue weighted by molar-refractivity contribution is 7.99. The average Bonchev–Trinajstić information content (AvgIpc) is 3.25. The first kappa shape index (κ1) is 20.6. The number of hydrogen-bond donors (Lipinski definition) is 1. The molecule has 0 bridgehead atoms. The van der Waals surface area contributed by atoms with E-state index in [1.165, 1.54) is 11.1 Å². The molecule has 1 N–H and O–H groups in total. The van der Waals surface area contributed by atoms with Crippen LogP contribution < -0.4 is 5.32 Å². The number of thiazole rings is 1. The third-order valence-corrected chi connectivity index (χ3v) is 6.74. The minimum Gasteiger partial charge on any atom is -0.306 e. The van der Waals surface area contributed by atoms with Crippen molar-refractivity contribution in [2.75, 3.05) is 5.32 Å². The number of rotatable bonds is 5. The topological polar surface area (TPSA) is 59.8 Å². The van der Waals surface area contributed by atoms with E-state index in [-0.39, 0.29) is 5.91 Å². The molecule has 7 heteroatoms. The van der Waals surface area contributed by atoms with Gasteiger partial charge < -0.3 is 5.32 Å². The van der Waals surface area contributed by atoms with Gasteiger partial charge in [0.15, 0.2) is 0 Å². The fourth-order valence-corrected chi connectivity index (χ4v) is 4.99. The van der Waals surface area contributed by atoms with Crippen molar-refractivity contribution >= 4 is 45.0 Å². The second-order valence-corrected chi connectivity index (χ2v) is 10.3. The lowest BCUT2D eigenvalue weighted by Crippen LogP contribution is -2.15.